The van der Waals surface area contributed by atoms with E-state index in [9.17, 15) is 4.79 Å². The Balaban J connectivity index is 1.86. The fourth-order valence-electron chi connectivity index (χ4n) is 3.55. The van der Waals surface area contributed by atoms with E-state index in [1.54, 1.807) is 7.11 Å². The van der Waals surface area contributed by atoms with Crippen molar-refractivity contribution in [1.29, 1.82) is 0 Å². The Hall–Kier alpha value is -1.85. The van der Waals surface area contributed by atoms with Crippen LogP contribution in [0.1, 0.15) is 31.6 Å². The summed E-state index contributed by atoms with van der Waals surface area (Å²) in [4.78, 5) is 19.1. The van der Waals surface area contributed by atoms with Crippen LogP contribution in [-0.4, -0.2) is 56.0 Å². The lowest BCUT2D eigenvalue weighted by Crippen LogP contribution is -2.35. The molecule has 0 bridgehead atoms. The molecule has 2 aromatic rings. The van der Waals surface area contributed by atoms with E-state index in [2.05, 4.69) is 50.2 Å². The van der Waals surface area contributed by atoms with Crippen LogP contribution in [0.2, 0.25) is 0 Å². The van der Waals surface area contributed by atoms with Crippen LogP contribution in [0.3, 0.4) is 0 Å². The van der Waals surface area contributed by atoms with Gasteiger partial charge in [-0.05, 0) is 39.6 Å². The SMILES string of the molecule is COc1cc(C)sc1C(=O)N1C[C@@H](N(C)C)[C@H](c2ccc(C)cc2)C1. The fourth-order valence-corrected chi connectivity index (χ4v) is 4.50. The number of hydrogen-bond acceptors (Lipinski definition) is 4. The van der Waals surface area contributed by atoms with E-state index in [1.165, 1.54) is 22.5 Å². The Morgan fingerprint density at radius 2 is 1.88 bits per heavy atom. The molecule has 1 aliphatic heterocycles. The summed E-state index contributed by atoms with van der Waals surface area (Å²) < 4.78 is 5.40. The van der Waals surface area contributed by atoms with Crippen LogP contribution >= 0.6 is 11.3 Å². The van der Waals surface area contributed by atoms with E-state index >= 15 is 0 Å². The predicted octanol–water partition coefficient (Wildman–Crippen LogP) is 3.54. The number of rotatable bonds is 4. The Labute approximate surface area is 154 Å². The lowest BCUT2D eigenvalue weighted by atomic mass is 9.93. The number of carbonyl (C=O) groups excluding carboxylic acids is 1. The van der Waals surface area contributed by atoms with Crippen molar-refractivity contribution in [3.05, 3.63) is 51.2 Å². The first-order valence-electron chi connectivity index (χ1n) is 8.57. The number of benzene rings is 1. The zero-order valence-corrected chi connectivity index (χ0v) is 16.4. The number of carbonyl (C=O) groups is 1. The van der Waals surface area contributed by atoms with Crippen molar-refractivity contribution in [3.8, 4) is 5.75 Å². The molecule has 1 aliphatic rings. The summed E-state index contributed by atoms with van der Waals surface area (Å²) >= 11 is 1.51. The molecule has 1 saturated heterocycles. The van der Waals surface area contributed by atoms with Gasteiger partial charge in [0, 0.05) is 29.9 Å². The molecule has 4 nitrogen and oxygen atoms in total. The number of amides is 1. The maximum Gasteiger partial charge on any atom is 0.267 e. The van der Waals surface area contributed by atoms with Crippen LogP contribution in [0.15, 0.2) is 30.3 Å². The van der Waals surface area contributed by atoms with Gasteiger partial charge in [-0.3, -0.25) is 4.79 Å². The minimum absolute atomic E-state index is 0.0800. The summed E-state index contributed by atoms with van der Waals surface area (Å²) in [5.41, 5.74) is 2.56. The van der Waals surface area contributed by atoms with Gasteiger partial charge in [-0.2, -0.15) is 0 Å². The fraction of sp³-hybridized carbons (Fsp3) is 0.450. The number of hydrogen-bond donors (Lipinski definition) is 0. The lowest BCUT2D eigenvalue weighted by Gasteiger charge is -2.25. The van der Waals surface area contributed by atoms with Crippen LogP contribution < -0.4 is 4.74 Å². The van der Waals surface area contributed by atoms with Gasteiger partial charge in [0.05, 0.1) is 7.11 Å². The average Bonchev–Trinajstić information content (AvgIpc) is 3.18. The second-order valence-corrected chi connectivity index (χ2v) is 8.27. The first kappa shape index (κ1) is 18.0. The molecule has 0 radical (unpaired) electrons. The van der Waals surface area contributed by atoms with Gasteiger partial charge in [0.1, 0.15) is 10.6 Å². The van der Waals surface area contributed by atoms with Crippen molar-refractivity contribution in [2.24, 2.45) is 0 Å². The van der Waals surface area contributed by atoms with E-state index in [4.69, 9.17) is 4.74 Å². The van der Waals surface area contributed by atoms with Gasteiger partial charge in [0.2, 0.25) is 0 Å². The predicted molar refractivity (Wildman–Crippen MR) is 103 cm³/mol. The summed E-state index contributed by atoms with van der Waals surface area (Å²) in [6.45, 7) is 5.59. The van der Waals surface area contributed by atoms with Gasteiger partial charge >= 0.3 is 0 Å². The summed E-state index contributed by atoms with van der Waals surface area (Å²) in [5.74, 6) is 1.09. The Bertz CT molecular complexity index is 752. The monoisotopic (exact) mass is 358 g/mol. The van der Waals surface area contributed by atoms with Crippen LogP contribution in [0.5, 0.6) is 5.75 Å². The van der Waals surface area contributed by atoms with Crippen LogP contribution in [0, 0.1) is 13.8 Å². The van der Waals surface area contributed by atoms with Gasteiger partial charge < -0.3 is 14.5 Å². The molecule has 2 heterocycles. The number of ether oxygens (including phenoxy) is 1. The third kappa shape index (κ3) is 3.58. The molecule has 1 aromatic heterocycles. The van der Waals surface area contributed by atoms with Crippen molar-refractivity contribution >= 4 is 17.2 Å². The second kappa shape index (κ2) is 7.18. The van der Waals surface area contributed by atoms with Crippen LogP contribution in [-0.2, 0) is 0 Å². The summed E-state index contributed by atoms with van der Waals surface area (Å²) in [6.07, 6.45) is 0. The van der Waals surface area contributed by atoms with Crippen molar-refractivity contribution in [2.45, 2.75) is 25.8 Å². The maximum absolute atomic E-state index is 13.1. The summed E-state index contributed by atoms with van der Waals surface area (Å²) in [7, 11) is 5.81. The lowest BCUT2D eigenvalue weighted by molar-refractivity contribution is 0.0784. The molecule has 0 unspecified atom stereocenters. The number of likely N-dealkylation sites (tertiary alicyclic amines) is 1. The maximum atomic E-state index is 13.1. The molecular formula is C20H26N2O2S. The third-order valence-corrected chi connectivity index (χ3v) is 6.00. The Kier molecular flexibility index (Phi) is 5.16. The molecule has 134 valence electrons. The first-order valence-corrected chi connectivity index (χ1v) is 9.39. The Morgan fingerprint density at radius 1 is 1.20 bits per heavy atom. The number of likely N-dealkylation sites (N-methyl/N-ethyl adjacent to an activating group) is 1. The molecule has 0 N–H and O–H groups in total. The minimum Gasteiger partial charge on any atom is -0.495 e. The topological polar surface area (TPSA) is 32.8 Å². The van der Waals surface area contributed by atoms with Crippen molar-refractivity contribution < 1.29 is 9.53 Å². The number of nitrogens with zero attached hydrogens (tertiary/aromatic N) is 2. The highest BCUT2D eigenvalue weighted by Crippen LogP contribution is 2.35. The summed E-state index contributed by atoms with van der Waals surface area (Å²) in [5, 5.41) is 0. The van der Waals surface area contributed by atoms with Gasteiger partial charge in [-0.15, -0.1) is 11.3 Å². The highest BCUT2D eigenvalue weighted by molar-refractivity contribution is 7.14. The molecule has 1 aromatic carbocycles. The second-order valence-electron chi connectivity index (χ2n) is 7.01. The molecule has 2 atom stereocenters. The molecule has 1 amide bonds. The number of thiophene rings is 1. The van der Waals surface area contributed by atoms with E-state index in [1.807, 2.05) is 17.9 Å². The molecule has 5 heteroatoms. The molecular weight excluding hydrogens is 332 g/mol. The van der Waals surface area contributed by atoms with Gasteiger partial charge in [0.25, 0.3) is 5.91 Å². The van der Waals surface area contributed by atoms with E-state index in [-0.39, 0.29) is 5.91 Å². The van der Waals surface area contributed by atoms with Crippen molar-refractivity contribution in [3.63, 3.8) is 0 Å². The zero-order valence-electron chi connectivity index (χ0n) is 15.6. The third-order valence-electron chi connectivity index (χ3n) is 4.98. The molecule has 0 spiro atoms. The van der Waals surface area contributed by atoms with E-state index in [0.29, 0.717) is 22.6 Å². The normalized spacial score (nSPS) is 20.3. The van der Waals surface area contributed by atoms with Gasteiger partial charge in [-0.1, -0.05) is 29.8 Å². The summed E-state index contributed by atoms with van der Waals surface area (Å²) in [6, 6.07) is 10.9. The Morgan fingerprint density at radius 3 is 2.48 bits per heavy atom. The quantitative estimate of drug-likeness (QED) is 0.838. The smallest absolute Gasteiger partial charge is 0.267 e. The zero-order chi connectivity index (χ0) is 18.1. The molecule has 1 fully saturated rings. The highest BCUT2D eigenvalue weighted by Gasteiger charge is 2.38. The van der Waals surface area contributed by atoms with E-state index in [0.717, 1.165) is 18.0 Å². The minimum atomic E-state index is 0.0800. The largest absolute Gasteiger partial charge is 0.495 e. The van der Waals surface area contributed by atoms with Gasteiger partial charge in [-0.25, -0.2) is 0 Å². The molecule has 3 rings (SSSR count). The standard InChI is InChI=1S/C20H26N2O2S/c1-13-6-8-15(9-7-13)16-11-22(12-17(16)21(3)4)20(23)19-18(24-5)10-14(2)25-19/h6-10,16-17H,11-12H2,1-5H3/t16-,17+/m0/s1. The van der Waals surface area contributed by atoms with Crippen LogP contribution in [0.4, 0.5) is 0 Å². The van der Waals surface area contributed by atoms with Gasteiger partial charge in [0.15, 0.2) is 0 Å². The van der Waals surface area contributed by atoms with E-state index < -0.39 is 0 Å². The van der Waals surface area contributed by atoms with Crippen molar-refractivity contribution in [2.75, 3.05) is 34.3 Å². The van der Waals surface area contributed by atoms with Crippen molar-refractivity contribution in [1.82, 2.24) is 9.80 Å². The van der Waals surface area contributed by atoms with Crippen LogP contribution in [0.25, 0.3) is 0 Å². The highest BCUT2D eigenvalue weighted by atomic mass is 32.1. The molecule has 0 saturated carbocycles. The molecule has 25 heavy (non-hydrogen) atoms. The molecule has 0 aliphatic carbocycles. The first-order chi connectivity index (χ1) is 11.9. The average molecular weight is 359 g/mol. The number of aryl methyl sites for hydroxylation is 2. The number of methoxy groups -OCH3 is 1.